The Morgan fingerprint density at radius 2 is 1.93 bits per heavy atom. The maximum absolute atomic E-state index is 6.09. The van der Waals surface area contributed by atoms with Gasteiger partial charge in [0.2, 0.25) is 0 Å². The molecule has 1 aromatic rings. The van der Waals surface area contributed by atoms with Crippen molar-refractivity contribution in [2.75, 3.05) is 0 Å². The van der Waals surface area contributed by atoms with E-state index in [2.05, 4.69) is 51.8 Å². The average Bonchev–Trinajstić information content (AvgIpc) is 2.43. The van der Waals surface area contributed by atoms with Crippen LogP contribution in [0.4, 0.5) is 0 Å². The minimum absolute atomic E-state index is 0. The van der Waals surface area contributed by atoms with Crippen LogP contribution in [0.5, 0.6) is 0 Å². The van der Waals surface area contributed by atoms with Crippen LogP contribution in [0.3, 0.4) is 0 Å². The zero-order valence-corrected chi connectivity index (χ0v) is 13.6. The molecule has 1 aromatic heterocycles. The van der Waals surface area contributed by atoms with E-state index < -0.39 is 0 Å². The van der Waals surface area contributed by atoms with Crippen molar-refractivity contribution >= 4 is 55.6 Å². The molecular weight excluding hydrogens is 361 g/mol. The minimum Gasteiger partial charge on any atom is -0.323 e. The average molecular weight is 378 g/mol. The molecule has 0 spiro atoms. The molecule has 1 atom stereocenters. The lowest BCUT2D eigenvalue weighted by atomic mass is 10.0. The monoisotopic (exact) mass is 375 g/mol. The predicted molar refractivity (Wildman–Crippen MR) is 78.0 cm³/mol. The highest BCUT2D eigenvalue weighted by atomic mass is 79.9. The van der Waals surface area contributed by atoms with Gasteiger partial charge in [0.25, 0.3) is 0 Å². The summed E-state index contributed by atoms with van der Waals surface area (Å²) in [6.07, 6.45) is 2.26. The molecule has 0 saturated heterocycles. The summed E-state index contributed by atoms with van der Waals surface area (Å²) >= 11 is 8.67. The first-order chi connectivity index (χ1) is 6.50. The van der Waals surface area contributed by atoms with Gasteiger partial charge in [0.15, 0.2) is 0 Å². The van der Waals surface area contributed by atoms with Crippen LogP contribution in [-0.2, 0) is 0 Å². The number of halogens is 3. The first-order valence-corrected chi connectivity index (χ1v) is 7.11. The molecular formula is C10H16Br2ClNS. The quantitative estimate of drug-likeness (QED) is 0.773. The lowest BCUT2D eigenvalue weighted by Crippen LogP contribution is -2.09. The Balaban J connectivity index is 0.00000196. The van der Waals surface area contributed by atoms with Crippen LogP contribution in [-0.4, -0.2) is 0 Å². The Morgan fingerprint density at radius 1 is 1.33 bits per heavy atom. The van der Waals surface area contributed by atoms with Crippen LogP contribution >= 0.6 is 55.6 Å². The second-order valence-electron chi connectivity index (χ2n) is 3.85. The van der Waals surface area contributed by atoms with Crippen molar-refractivity contribution < 1.29 is 0 Å². The highest BCUT2D eigenvalue weighted by Gasteiger charge is 2.11. The van der Waals surface area contributed by atoms with Gasteiger partial charge in [-0.1, -0.05) is 13.8 Å². The number of thiophene rings is 1. The molecule has 2 N–H and O–H groups in total. The summed E-state index contributed by atoms with van der Waals surface area (Å²) in [6.45, 7) is 4.46. The van der Waals surface area contributed by atoms with Crippen molar-refractivity contribution in [2.24, 2.45) is 11.7 Å². The third-order valence-electron chi connectivity index (χ3n) is 2.08. The second kappa shape index (κ2) is 7.28. The zero-order chi connectivity index (χ0) is 10.7. The second-order valence-corrected chi connectivity index (χ2v) is 7.10. The lowest BCUT2D eigenvalue weighted by Gasteiger charge is -2.10. The third-order valence-corrected chi connectivity index (χ3v) is 5.47. The van der Waals surface area contributed by atoms with E-state index in [0.717, 1.165) is 20.6 Å². The van der Waals surface area contributed by atoms with Crippen LogP contribution in [0.2, 0.25) is 0 Å². The highest BCUT2D eigenvalue weighted by molar-refractivity contribution is 9.13. The highest BCUT2D eigenvalue weighted by Crippen LogP contribution is 2.36. The van der Waals surface area contributed by atoms with Crippen molar-refractivity contribution in [1.82, 2.24) is 0 Å². The van der Waals surface area contributed by atoms with E-state index >= 15 is 0 Å². The maximum Gasteiger partial charge on any atom is 0.0843 e. The normalized spacial score (nSPS) is 12.7. The summed E-state index contributed by atoms with van der Waals surface area (Å²) < 4.78 is 2.24. The smallest absolute Gasteiger partial charge is 0.0843 e. The molecule has 88 valence electrons. The summed E-state index contributed by atoms with van der Waals surface area (Å²) in [5, 5.41) is 0. The molecule has 0 aromatic carbocycles. The topological polar surface area (TPSA) is 26.0 Å². The van der Waals surface area contributed by atoms with Crippen molar-refractivity contribution in [2.45, 2.75) is 32.7 Å². The Kier molecular flexibility index (Phi) is 7.72. The van der Waals surface area contributed by atoms with E-state index in [4.69, 9.17) is 5.73 Å². The molecule has 0 aliphatic carbocycles. The molecule has 0 unspecified atom stereocenters. The van der Waals surface area contributed by atoms with E-state index in [9.17, 15) is 0 Å². The van der Waals surface area contributed by atoms with Gasteiger partial charge in [0.1, 0.15) is 0 Å². The first-order valence-electron chi connectivity index (χ1n) is 4.71. The Morgan fingerprint density at radius 3 is 2.33 bits per heavy atom. The lowest BCUT2D eigenvalue weighted by molar-refractivity contribution is 0.510. The van der Waals surface area contributed by atoms with Gasteiger partial charge < -0.3 is 5.73 Å². The molecule has 0 bridgehead atoms. The Hall–Kier alpha value is 0.910. The zero-order valence-electron chi connectivity index (χ0n) is 8.80. The van der Waals surface area contributed by atoms with E-state index in [1.165, 1.54) is 11.3 Å². The molecule has 1 heterocycles. The van der Waals surface area contributed by atoms with Crippen molar-refractivity contribution in [3.8, 4) is 0 Å². The molecule has 0 radical (unpaired) electrons. The summed E-state index contributed by atoms with van der Waals surface area (Å²) in [5.74, 6) is 0.730. The van der Waals surface area contributed by atoms with Gasteiger partial charge in [-0.2, -0.15) is 0 Å². The molecule has 0 aliphatic heterocycles. The van der Waals surface area contributed by atoms with Crippen LogP contribution in [0.25, 0.3) is 0 Å². The largest absolute Gasteiger partial charge is 0.323 e. The molecule has 0 aliphatic rings. The number of rotatable bonds is 4. The molecule has 0 saturated carbocycles. The maximum atomic E-state index is 6.09. The van der Waals surface area contributed by atoms with Gasteiger partial charge >= 0.3 is 0 Å². The van der Waals surface area contributed by atoms with Gasteiger partial charge in [-0.15, -0.1) is 23.7 Å². The molecule has 0 fully saturated rings. The van der Waals surface area contributed by atoms with Crippen molar-refractivity contribution in [3.05, 3.63) is 19.2 Å². The fraction of sp³-hybridized carbons (Fsp3) is 0.600. The number of hydrogen-bond donors (Lipinski definition) is 1. The molecule has 0 amide bonds. The SMILES string of the molecule is CC(C)CC[C@H](N)c1cc(Br)c(Br)s1.Cl. The Labute approximate surface area is 118 Å². The summed E-state index contributed by atoms with van der Waals surface area (Å²) in [5.41, 5.74) is 6.09. The van der Waals surface area contributed by atoms with Gasteiger partial charge in [0, 0.05) is 15.4 Å². The molecule has 1 rings (SSSR count). The summed E-state index contributed by atoms with van der Waals surface area (Å²) in [4.78, 5) is 1.25. The van der Waals surface area contributed by atoms with Crippen LogP contribution < -0.4 is 5.73 Å². The van der Waals surface area contributed by atoms with Gasteiger partial charge in [-0.25, -0.2) is 0 Å². The summed E-state index contributed by atoms with van der Waals surface area (Å²) in [6, 6.07) is 2.30. The van der Waals surface area contributed by atoms with Crippen LogP contribution in [0.15, 0.2) is 14.3 Å². The Bertz CT molecular complexity index is 282. The van der Waals surface area contributed by atoms with Gasteiger partial charge in [-0.05, 0) is 56.7 Å². The van der Waals surface area contributed by atoms with E-state index in [0.29, 0.717) is 0 Å². The van der Waals surface area contributed by atoms with Gasteiger partial charge in [0.05, 0.1) is 3.79 Å². The standard InChI is InChI=1S/C10H15Br2NS.ClH/c1-6(2)3-4-8(13)9-5-7(11)10(12)14-9;/h5-6,8H,3-4,13H2,1-2H3;1H/t8-;/m0./s1. The van der Waals surface area contributed by atoms with E-state index in [1.807, 2.05) is 0 Å². The predicted octanol–water partition coefficient (Wildman–Crippen LogP) is 5.13. The third kappa shape index (κ3) is 5.18. The van der Waals surface area contributed by atoms with Crippen LogP contribution in [0.1, 0.15) is 37.6 Å². The number of nitrogens with two attached hydrogens (primary N) is 1. The van der Waals surface area contributed by atoms with Gasteiger partial charge in [-0.3, -0.25) is 0 Å². The van der Waals surface area contributed by atoms with Crippen LogP contribution in [0, 0.1) is 5.92 Å². The first kappa shape index (κ1) is 15.9. The summed E-state index contributed by atoms with van der Waals surface area (Å²) in [7, 11) is 0. The van der Waals surface area contributed by atoms with Crippen molar-refractivity contribution in [1.29, 1.82) is 0 Å². The van der Waals surface area contributed by atoms with Crippen molar-refractivity contribution in [3.63, 3.8) is 0 Å². The molecule has 5 heteroatoms. The molecule has 1 nitrogen and oxygen atoms in total. The minimum atomic E-state index is 0. The van der Waals surface area contributed by atoms with E-state index in [1.54, 1.807) is 11.3 Å². The fourth-order valence-electron chi connectivity index (χ4n) is 1.20. The molecule has 15 heavy (non-hydrogen) atoms. The van der Waals surface area contributed by atoms with E-state index in [-0.39, 0.29) is 18.4 Å². The fourth-order valence-corrected chi connectivity index (χ4v) is 3.33. The number of hydrogen-bond acceptors (Lipinski definition) is 2.